The Hall–Kier alpha value is -2.81. The molecule has 0 aliphatic heterocycles. The molecule has 1 amide bonds. The van der Waals surface area contributed by atoms with Crippen LogP contribution in [0.1, 0.15) is 220 Å². The van der Waals surface area contributed by atoms with E-state index in [0.717, 1.165) is 57.8 Å². The molecule has 0 fully saturated rings. The molecule has 0 aliphatic rings. The maximum Gasteiger partial charge on any atom is 0.306 e. The summed E-state index contributed by atoms with van der Waals surface area (Å²) in [5.74, 6) is -0.691. The molecule has 0 bridgehead atoms. The number of carbonyl (C=O) groups is 2. The van der Waals surface area contributed by atoms with Crippen molar-refractivity contribution in [1.29, 1.82) is 0 Å². The second kappa shape index (κ2) is 47.8. The standard InChI is InChI=1S/C58H103N2O7P/c1-7-10-13-16-19-22-25-28-29-30-31-33-36-39-42-45-48-51-58(62)67-56(49-46-43-40-37-34-27-24-21-18-15-12-9-3)55(54-66-68(63,64)65-53-52-60(4,5)6)59-57(61)50-47-44-41-38-35-32-26-23-20-17-14-11-8-2/h19,22,28-29,31-33,35,39,41-42,44,46,49,55-56H,7-18,20-21,23-27,30,34,36-38,40,43,45,47-48,50-54H2,1-6H3,(H-,59,61,63,64)/b22-19-,29-28-,33-31-,35-32-,42-39-,44-41+,49-46+. The van der Waals surface area contributed by atoms with Crippen LogP contribution >= 0.6 is 7.82 Å². The highest BCUT2D eigenvalue weighted by Gasteiger charge is 2.27. The molecule has 1 N–H and O–H groups in total. The Kier molecular flexibility index (Phi) is 45.9. The van der Waals surface area contributed by atoms with E-state index in [-0.39, 0.29) is 25.4 Å². The largest absolute Gasteiger partial charge is 0.756 e. The Morgan fingerprint density at radius 3 is 1.40 bits per heavy atom. The van der Waals surface area contributed by atoms with Crippen molar-refractivity contribution in [2.75, 3.05) is 40.9 Å². The van der Waals surface area contributed by atoms with Gasteiger partial charge in [0.25, 0.3) is 7.82 Å². The average molecular weight is 971 g/mol. The van der Waals surface area contributed by atoms with Crippen LogP contribution in [-0.2, 0) is 27.9 Å². The third kappa shape index (κ3) is 48.2. The minimum Gasteiger partial charge on any atom is -0.756 e. The first-order valence-corrected chi connectivity index (χ1v) is 28.9. The van der Waals surface area contributed by atoms with E-state index >= 15 is 0 Å². The molecular formula is C58H103N2O7P. The predicted molar refractivity (Wildman–Crippen MR) is 288 cm³/mol. The van der Waals surface area contributed by atoms with Crippen molar-refractivity contribution < 1.29 is 37.3 Å². The van der Waals surface area contributed by atoms with Gasteiger partial charge in [0.05, 0.1) is 33.8 Å². The number of nitrogens with zero attached hydrogens (tertiary/aromatic N) is 1. The smallest absolute Gasteiger partial charge is 0.306 e. The van der Waals surface area contributed by atoms with Gasteiger partial charge in [0.15, 0.2) is 0 Å². The number of hydrogen-bond acceptors (Lipinski definition) is 7. The molecule has 0 aromatic heterocycles. The second-order valence-corrected chi connectivity index (χ2v) is 20.8. The number of amides is 1. The molecule has 3 unspecified atom stereocenters. The molecule has 0 aromatic rings. The summed E-state index contributed by atoms with van der Waals surface area (Å²) in [4.78, 5) is 39.7. The van der Waals surface area contributed by atoms with E-state index in [9.17, 15) is 19.0 Å². The Morgan fingerprint density at radius 1 is 0.515 bits per heavy atom. The maximum atomic E-state index is 13.4. The summed E-state index contributed by atoms with van der Waals surface area (Å²) in [5.41, 5.74) is 0. The molecule has 0 spiro atoms. The van der Waals surface area contributed by atoms with E-state index in [1.165, 1.54) is 116 Å². The zero-order valence-electron chi connectivity index (χ0n) is 44.5. The summed E-state index contributed by atoms with van der Waals surface area (Å²) in [6, 6.07) is -0.942. The zero-order chi connectivity index (χ0) is 50.1. The molecule has 0 rings (SSSR count). The van der Waals surface area contributed by atoms with Gasteiger partial charge >= 0.3 is 5.97 Å². The molecular weight excluding hydrogens is 868 g/mol. The quantitative estimate of drug-likeness (QED) is 0.0212. The highest BCUT2D eigenvalue weighted by atomic mass is 31.2. The number of ether oxygens (including phenoxy) is 1. The van der Waals surface area contributed by atoms with Crippen molar-refractivity contribution in [3.8, 4) is 0 Å². The number of quaternary nitrogens is 1. The number of rotatable bonds is 48. The van der Waals surface area contributed by atoms with Gasteiger partial charge in [-0.15, -0.1) is 0 Å². The molecule has 0 radical (unpaired) electrons. The van der Waals surface area contributed by atoms with Gasteiger partial charge in [0.1, 0.15) is 19.3 Å². The number of allylic oxidation sites excluding steroid dienone is 13. The fraction of sp³-hybridized carbons (Fsp3) is 0.724. The Bertz CT molecular complexity index is 1440. The van der Waals surface area contributed by atoms with E-state index in [1.807, 2.05) is 33.3 Å². The number of esters is 1. The minimum absolute atomic E-state index is 0.0432. The highest BCUT2D eigenvalue weighted by molar-refractivity contribution is 7.45. The SMILES string of the molecule is CCCCC/C=C\C/C=C\C/C=C\C/C=C\CCCC(=O)OC(/C=C/CCCCCCCCCCCC)C(COP(=O)([O-])OCC[N+](C)(C)C)NC(=O)CC/C=C/C/C=C\CCCCCCCC. The van der Waals surface area contributed by atoms with Crippen LogP contribution in [0.3, 0.4) is 0 Å². The number of hydrogen-bond donors (Lipinski definition) is 1. The van der Waals surface area contributed by atoms with Crippen LogP contribution in [0.4, 0.5) is 0 Å². The van der Waals surface area contributed by atoms with E-state index in [1.54, 1.807) is 6.08 Å². The van der Waals surface area contributed by atoms with Gasteiger partial charge in [-0.2, -0.15) is 0 Å². The summed E-state index contributed by atoms with van der Waals surface area (Å²) in [7, 11) is 1.11. The van der Waals surface area contributed by atoms with Gasteiger partial charge < -0.3 is 28.5 Å². The van der Waals surface area contributed by atoms with E-state index in [0.29, 0.717) is 23.9 Å². The summed E-state index contributed by atoms with van der Waals surface area (Å²) >= 11 is 0. The fourth-order valence-corrected chi connectivity index (χ4v) is 7.99. The van der Waals surface area contributed by atoms with Crippen molar-refractivity contribution in [3.63, 3.8) is 0 Å². The Balaban J connectivity index is 5.56. The molecule has 0 heterocycles. The normalized spacial score (nSPS) is 14.5. The van der Waals surface area contributed by atoms with E-state index < -0.39 is 32.5 Å². The molecule has 0 aliphatic carbocycles. The number of phosphoric acid groups is 1. The lowest BCUT2D eigenvalue weighted by Gasteiger charge is -2.30. The van der Waals surface area contributed by atoms with Crippen molar-refractivity contribution in [1.82, 2.24) is 5.32 Å². The first-order chi connectivity index (χ1) is 32.9. The molecule has 0 saturated carbocycles. The molecule has 9 nitrogen and oxygen atoms in total. The number of carbonyl (C=O) groups excluding carboxylic acids is 2. The number of likely N-dealkylation sites (N-methyl/N-ethyl adjacent to an activating group) is 1. The van der Waals surface area contributed by atoms with Crippen LogP contribution in [0.5, 0.6) is 0 Å². The van der Waals surface area contributed by atoms with Crippen molar-refractivity contribution >= 4 is 19.7 Å². The van der Waals surface area contributed by atoms with Crippen LogP contribution in [0.15, 0.2) is 85.1 Å². The van der Waals surface area contributed by atoms with Crippen LogP contribution < -0.4 is 10.2 Å². The minimum atomic E-state index is -4.72. The fourth-order valence-electron chi connectivity index (χ4n) is 7.27. The summed E-state index contributed by atoms with van der Waals surface area (Å²) < 4.78 is 30.1. The summed E-state index contributed by atoms with van der Waals surface area (Å²) in [6.07, 6.45) is 61.4. The number of unbranched alkanes of at least 4 members (excludes halogenated alkanes) is 20. The molecule has 392 valence electrons. The van der Waals surface area contributed by atoms with Crippen LogP contribution in [0.2, 0.25) is 0 Å². The van der Waals surface area contributed by atoms with E-state index in [2.05, 4.69) is 92.9 Å². The van der Waals surface area contributed by atoms with Gasteiger partial charge in [-0.1, -0.05) is 202 Å². The van der Waals surface area contributed by atoms with Gasteiger partial charge in [-0.25, -0.2) is 0 Å². The predicted octanol–water partition coefficient (Wildman–Crippen LogP) is 15.6. The maximum absolute atomic E-state index is 13.4. The first kappa shape index (κ1) is 65.2. The summed E-state index contributed by atoms with van der Waals surface area (Å²) in [5, 5.41) is 2.95. The van der Waals surface area contributed by atoms with Crippen LogP contribution in [0, 0.1) is 0 Å². The third-order valence-corrected chi connectivity index (χ3v) is 12.5. The molecule has 68 heavy (non-hydrogen) atoms. The van der Waals surface area contributed by atoms with Gasteiger partial charge in [-0.05, 0) is 89.5 Å². The first-order valence-electron chi connectivity index (χ1n) is 27.4. The Morgan fingerprint density at radius 2 is 0.912 bits per heavy atom. The van der Waals surface area contributed by atoms with Gasteiger partial charge in [0, 0.05) is 12.8 Å². The van der Waals surface area contributed by atoms with Crippen LogP contribution in [-0.4, -0.2) is 69.4 Å². The second-order valence-electron chi connectivity index (χ2n) is 19.4. The lowest BCUT2D eigenvalue weighted by molar-refractivity contribution is -0.870. The van der Waals surface area contributed by atoms with Crippen molar-refractivity contribution in [2.24, 2.45) is 0 Å². The topological polar surface area (TPSA) is 114 Å². The average Bonchev–Trinajstić information content (AvgIpc) is 3.29. The van der Waals surface area contributed by atoms with Crippen molar-refractivity contribution in [2.45, 2.75) is 232 Å². The molecule has 3 atom stereocenters. The third-order valence-electron chi connectivity index (χ3n) is 11.6. The zero-order valence-corrected chi connectivity index (χ0v) is 45.4. The van der Waals surface area contributed by atoms with Gasteiger partial charge in [-0.3, -0.25) is 14.2 Å². The lowest BCUT2D eigenvalue weighted by Crippen LogP contribution is -2.47. The van der Waals surface area contributed by atoms with Crippen molar-refractivity contribution in [3.05, 3.63) is 85.1 Å². The highest BCUT2D eigenvalue weighted by Crippen LogP contribution is 2.38. The molecule has 0 saturated heterocycles. The van der Waals surface area contributed by atoms with E-state index in [4.69, 9.17) is 13.8 Å². The monoisotopic (exact) mass is 971 g/mol. The lowest BCUT2D eigenvalue weighted by atomic mass is 10.1. The van der Waals surface area contributed by atoms with Gasteiger partial charge in [0.2, 0.25) is 5.91 Å². The number of nitrogens with one attached hydrogen (secondary N) is 1. The molecule has 0 aromatic carbocycles. The molecule has 10 heteroatoms. The Labute approximate surface area is 418 Å². The van der Waals surface area contributed by atoms with Crippen LogP contribution in [0.25, 0.3) is 0 Å². The summed E-state index contributed by atoms with van der Waals surface area (Å²) in [6.45, 7) is 6.70. The number of phosphoric ester groups is 1.